The number of nitrogens with zero attached hydrogens (tertiary/aromatic N) is 2. The summed E-state index contributed by atoms with van der Waals surface area (Å²) in [5.74, 6) is -1.22. The monoisotopic (exact) mass is 462 g/mol. The molecule has 0 bridgehead atoms. The second-order valence-electron chi connectivity index (χ2n) is 7.53. The zero-order valence-electron chi connectivity index (χ0n) is 16.2. The Morgan fingerprint density at radius 3 is 2.20 bits per heavy atom. The zero-order valence-corrected chi connectivity index (χ0v) is 17.8. The summed E-state index contributed by atoms with van der Waals surface area (Å²) in [6.45, 7) is 2.02. The molecule has 30 heavy (non-hydrogen) atoms. The van der Waals surface area contributed by atoms with Crippen molar-refractivity contribution >= 4 is 39.1 Å². The number of rotatable bonds is 3. The maximum Gasteiger partial charge on any atom is 0.266 e. The highest BCUT2D eigenvalue weighted by molar-refractivity contribution is 9.10. The van der Waals surface area contributed by atoms with Gasteiger partial charge in [-0.15, -0.1) is 0 Å². The third-order valence-corrected chi connectivity index (χ3v) is 6.31. The summed E-state index contributed by atoms with van der Waals surface area (Å²) < 4.78 is 0.693. The van der Waals surface area contributed by atoms with Crippen LogP contribution in [0, 0.1) is 12.8 Å². The van der Waals surface area contributed by atoms with E-state index in [1.807, 2.05) is 79.7 Å². The lowest BCUT2D eigenvalue weighted by molar-refractivity contribution is -0.126. The molecule has 0 spiro atoms. The van der Waals surface area contributed by atoms with Crippen LogP contribution in [0.5, 0.6) is 0 Å². The van der Waals surface area contributed by atoms with Gasteiger partial charge in [0.05, 0.1) is 17.4 Å². The molecule has 150 valence electrons. The molecule has 0 unspecified atom stereocenters. The molecule has 2 amide bonds. The van der Waals surface area contributed by atoms with Gasteiger partial charge in [-0.2, -0.15) is 0 Å². The van der Waals surface area contributed by atoms with Gasteiger partial charge in [-0.05, 0) is 52.7 Å². The fourth-order valence-electron chi connectivity index (χ4n) is 4.19. The van der Waals surface area contributed by atoms with Gasteiger partial charge in [0.1, 0.15) is 5.92 Å². The summed E-state index contributed by atoms with van der Waals surface area (Å²) in [7, 11) is 0. The molecule has 3 aromatic carbocycles. The smallest absolute Gasteiger partial charge is 0.266 e. The van der Waals surface area contributed by atoms with Crippen molar-refractivity contribution in [1.29, 1.82) is 0 Å². The van der Waals surface area contributed by atoms with Crippen molar-refractivity contribution in [2.24, 2.45) is 5.92 Å². The van der Waals surface area contributed by atoms with Crippen molar-refractivity contribution in [3.63, 3.8) is 0 Å². The number of aryl methyl sites for hydroxylation is 1. The number of halogens is 1. The fourth-order valence-corrected chi connectivity index (χ4v) is 4.65. The Morgan fingerprint density at radius 1 is 0.833 bits per heavy atom. The van der Waals surface area contributed by atoms with E-state index in [-0.39, 0.29) is 11.8 Å². The first-order chi connectivity index (χ1) is 14.6. The topological polar surface area (TPSA) is 49.9 Å². The first-order valence-corrected chi connectivity index (χ1v) is 10.6. The Morgan fingerprint density at radius 2 is 1.50 bits per heavy atom. The van der Waals surface area contributed by atoms with Crippen LogP contribution in [0.15, 0.2) is 83.3 Å². The van der Waals surface area contributed by atoms with Gasteiger partial charge in [-0.3, -0.25) is 14.4 Å². The minimum Gasteiger partial charge on any atom is -0.273 e. The predicted molar refractivity (Wildman–Crippen MR) is 118 cm³/mol. The molecule has 3 atom stereocenters. The largest absolute Gasteiger partial charge is 0.273 e. The van der Waals surface area contributed by atoms with Crippen LogP contribution in [-0.2, 0) is 14.4 Å². The van der Waals surface area contributed by atoms with Crippen LogP contribution in [-0.4, -0.2) is 17.9 Å². The van der Waals surface area contributed by atoms with E-state index >= 15 is 0 Å². The zero-order chi connectivity index (χ0) is 20.8. The van der Waals surface area contributed by atoms with Crippen LogP contribution in [0.25, 0.3) is 0 Å². The number of imide groups is 1. The van der Waals surface area contributed by atoms with Crippen molar-refractivity contribution in [2.75, 3.05) is 9.96 Å². The maximum absolute atomic E-state index is 13.6. The number of para-hydroxylation sites is 2. The van der Waals surface area contributed by atoms with Crippen molar-refractivity contribution in [3.8, 4) is 0 Å². The molecule has 0 N–H and O–H groups in total. The van der Waals surface area contributed by atoms with Crippen LogP contribution in [0.2, 0.25) is 0 Å². The highest BCUT2D eigenvalue weighted by Gasteiger charge is 2.60. The van der Waals surface area contributed by atoms with Crippen molar-refractivity contribution in [2.45, 2.75) is 19.1 Å². The summed E-state index contributed by atoms with van der Waals surface area (Å²) in [6.07, 6.45) is -0.865. The van der Waals surface area contributed by atoms with E-state index in [1.165, 1.54) is 4.90 Å². The highest BCUT2D eigenvalue weighted by atomic mass is 79.9. The van der Waals surface area contributed by atoms with E-state index in [9.17, 15) is 9.59 Å². The van der Waals surface area contributed by atoms with Gasteiger partial charge in [0.2, 0.25) is 5.91 Å². The number of fused-ring (bicyclic) bond motifs is 1. The molecule has 0 aromatic heterocycles. The molecular formula is C24H19BrN2O3. The molecule has 2 fully saturated rings. The van der Waals surface area contributed by atoms with Crippen molar-refractivity contribution < 1.29 is 14.4 Å². The maximum atomic E-state index is 13.6. The van der Waals surface area contributed by atoms with Gasteiger partial charge in [0, 0.05) is 4.47 Å². The van der Waals surface area contributed by atoms with Gasteiger partial charge in [-0.1, -0.05) is 60.2 Å². The molecular weight excluding hydrogens is 444 g/mol. The number of hydrogen-bond donors (Lipinski definition) is 0. The lowest BCUT2D eigenvalue weighted by atomic mass is 9.90. The lowest BCUT2D eigenvalue weighted by Gasteiger charge is -2.29. The second kappa shape index (κ2) is 7.38. The van der Waals surface area contributed by atoms with Crippen LogP contribution >= 0.6 is 15.9 Å². The lowest BCUT2D eigenvalue weighted by Crippen LogP contribution is -2.37. The minimum atomic E-state index is -0.865. The molecule has 2 aliphatic heterocycles. The number of carbonyl (C=O) groups is 2. The summed E-state index contributed by atoms with van der Waals surface area (Å²) in [4.78, 5) is 34.2. The summed E-state index contributed by atoms with van der Waals surface area (Å²) in [5, 5.41) is 1.72. The predicted octanol–water partition coefficient (Wildman–Crippen LogP) is 4.81. The molecule has 2 heterocycles. The molecule has 3 aromatic rings. The van der Waals surface area contributed by atoms with E-state index in [0.717, 1.165) is 16.8 Å². The molecule has 5 nitrogen and oxygen atoms in total. The third kappa shape index (κ3) is 2.95. The average molecular weight is 463 g/mol. The SMILES string of the molecule is Cc1ccc([C@@H]2[C@@H]3C(=O)N(c4ccccc4Br)C(=O)[C@H]3ON2c2ccccc2)cc1. The molecule has 0 saturated carbocycles. The number of hydrogen-bond acceptors (Lipinski definition) is 4. The number of carbonyl (C=O) groups excluding carboxylic acids is 2. The van der Waals surface area contributed by atoms with Gasteiger partial charge in [0.25, 0.3) is 5.91 Å². The van der Waals surface area contributed by atoms with Gasteiger partial charge < -0.3 is 0 Å². The van der Waals surface area contributed by atoms with E-state index in [4.69, 9.17) is 4.84 Å². The Hall–Kier alpha value is -2.96. The quantitative estimate of drug-likeness (QED) is 0.524. The number of benzene rings is 3. The molecule has 6 heteroatoms. The van der Waals surface area contributed by atoms with E-state index < -0.39 is 18.1 Å². The Labute approximate surface area is 183 Å². The highest BCUT2D eigenvalue weighted by Crippen LogP contribution is 2.48. The number of anilines is 2. The van der Waals surface area contributed by atoms with E-state index in [2.05, 4.69) is 15.9 Å². The number of amides is 2. The summed E-state index contributed by atoms with van der Waals surface area (Å²) >= 11 is 3.46. The fraction of sp³-hybridized carbons (Fsp3) is 0.167. The van der Waals surface area contributed by atoms with Crippen LogP contribution in [0.4, 0.5) is 11.4 Å². The molecule has 2 aliphatic rings. The Kier molecular flexibility index (Phi) is 4.68. The van der Waals surface area contributed by atoms with Crippen molar-refractivity contribution in [3.05, 3.63) is 94.5 Å². The second-order valence-corrected chi connectivity index (χ2v) is 8.39. The molecule has 0 radical (unpaired) electrons. The van der Waals surface area contributed by atoms with Crippen LogP contribution in [0.1, 0.15) is 17.2 Å². The first kappa shape index (κ1) is 19.0. The third-order valence-electron chi connectivity index (χ3n) is 5.64. The molecule has 5 rings (SSSR count). The van der Waals surface area contributed by atoms with Crippen LogP contribution < -0.4 is 9.96 Å². The van der Waals surface area contributed by atoms with E-state index in [0.29, 0.717) is 10.2 Å². The van der Waals surface area contributed by atoms with E-state index in [1.54, 1.807) is 11.1 Å². The Balaban J connectivity index is 1.60. The van der Waals surface area contributed by atoms with Gasteiger partial charge >= 0.3 is 0 Å². The van der Waals surface area contributed by atoms with Gasteiger partial charge in [0.15, 0.2) is 6.10 Å². The standard InChI is InChI=1S/C24H19BrN2O3/c1-15-11-13-16(14-12-15)21-20-22(30-27(21)17-7-3-2-4-8-17)24(29)26(23(20)28)19-10-6-5-9-18(19)25/h2-14,20-22H,1H3/t20-,21+,22-/m0/s1. The molecule has 0 aliphatic carbocycles. The Bertz CT molecular complexity index is 1120. The average Bonchev–Trinajstić information content (AvgIpc) is 3.26. The van der Waals surface area contributed by atoms with Crippen LogP contribution in [0.3, 0.4) is 0 Å². The molecule has 2 saturated heterocycles. The van der Waals surface area contributed by atoms with Gasteiger partial charge in [-0.25, -0.2) is 9.96 Å². The summed E-state index contributed by atoms with van der Waals surface area (Å²) in [5.41, 5.74) is 3.42. The normalized spacial score (nSPS) is 23.2. The minimum absolute atomic E-state index is 0.249. The van der Waals surface area contributed by atoms with Crippen molar-refractivity contribution in [1.82, 2.24) is 0 Å². The summed E-state index contributed by atoms with van der Waals surface area (Å²) in [6, 6.07) is 24.4. The first-order valence-electron chi connectivity index (χ1n) is 9.76. The number of hydroxylamine groups is 1.